The van der Waals surface area contributed by atoms with Crippen molar-refractivity contribution in [2.75, 3.05) is 11.6 Å². The summed E-state index contributed by atoms with van der Waals surface area (Å²) < 4.78 is 2.20. The van der Waals surface area contributed by atoms with Gasteiger partial charge in [-0.1, -0.05) is 12.1 Å². The Morgan fingerprint density at radius 1 is 1.30 bits per heavy atom. The summed E-state index contributed by atoms with van der Waals surface area (Å²) in [5.74, 6) is 0. The molecule has 1 aromatic carbocycles. The second-order valence-electron chi connectivity index (χ2n) is 4.69. The first kappa shape index (κ1) is 13.5. The predicted molar refractivity (Wildman–Crippen MR) is 88.1 cm³/mol. The summed E-state index contributed by atoms with van der Waals surface area (Å²) in [5.41, 5.74) is 3.52. The molecule has 0 unspecified atom stereocenters. The van der Waals surface area contributed by atoms with Gasteiger partial charge in [0.25, 0.3) is 0 Å². The van der Waals surface area contributed by atoms with E-state index in [1.165, 1.54) is 21.2 Å². The van der Waals surface area contributed by atoms with Gasteiger partial charge in [-0.3, -0.25) is 4.40 Å². The van der Waals surface area contributed by atoms with Gasteiger partial charge >= 0.3 is 0 Å². The Kier molecular flexibility index (Phi) is 3.72. The molecule has 5 heteroatoms. The van der Waals surface area contributed by atoms with E-state index in [1.807, 2.05) is 0 Å². The van der Waals surface area contributed by atoms with Gasteiger partial charge in [0.15, 0.2) is 4.96 Å². The second-order valence-corrected chi connectivity index (χ2v) is 6.75. The highest BCUT2D eigenvalue weighted by Crippen LogP contribution is 2.26. The highest BCUT2D eigenvalue weighted by atomic mass is 32.2. The van der Waals surface area contributed by atoms with Crippen LogP contribution in [-0.2, 0) is 6.54 Å². The molecule has 0 fully saturated rings. The molecule has 2 heterocycles. The van der Waals surface area contributed by atoms with E-state index >= 15 is 0 Å². The third-order valence-electron chi connectivity index (χ3n) is 3.29. The van der Waals surface area contributed by atoms with Gasteiger partial charge in [-0.05, 0) is 32.2 Å². The van der Waals surface area contributed by atoms with Crippen molar-refractivity contribution in [2.45, 2.75) is 25.3 Å². The zero-order valence-electron chi connectivity index (χ0n) is 11.8. The lowest BCUT2D eigenvalue weighted by Gasteiger charge is -2.10. The van der Waals surface area contributed by atoms with Crippen LogP contribution in [0.1, 0.15) is 16.3 Å². The van der Waals surface area contributed by atoms with Crippen LogP contribution in [0.2, 0.25) is 0 Å². The Morgan fingerprint density at radius 2 is 2.10 bits per heavy atom. The molecular formula is C15H17N3S2. The van der Waals surface area contributed by atoms with Crippen LogP contribution in [0.25, 0.3) is 4.96 Å². The van der Waals surface area contributed by atoms with Crippen LogP contribution < -0.4 is 5.32 Å². The van der Waals surface area contributed by atoms with E-state index in [2.05, 4.69) is 65.3 Å². The van der Waals surface area contributed by atoms with Crippen molar-refractivity contribution in [3.8, 4) is 0 Å². The minimum Gasteiger partial charge on any atom is -0.378 e. The quantitative estimate of drug-likeness (QED) is 0.727. The number of rotatable bonds is 4. The zero-order valence-corrected chi connectivity index (χ0v) is 13.4. The van der Waals surface area contributed by atoms with E-state index in [9.17, 15) is 0 Å². The number of hydrogen-bond donors (Lipinski definition) is 1. The zero-order chi connectivity index (χ0) is 14.1. The smallest absolute Gasteiger partial charge is 0.194 e. The number of hydrogen-bond acceptors (Lipinski definition) is 4. The number of fused-ring (bicyclic) bond motifs is 1. The Hall–Kier alpha value is -1.46. The van der Waals surface area contributed by atoms with Crippen molar-refractivity contribution < 1.29 is 0 Å². The van der Waals surface area contributed by atoms with E-state index in [-0.39, 0.29) is 0 Å². The first-order chi connectivity index (χ1) is 9.69. The minimum atomic E-state index is 0.792. The standard InChI is InChI=1S/C15H17N3S2/c1-10-9-18-13(11(2)17-15(18)20-10)8-16-12-6-4-5-7-14(12)19-3/h4-7,9,16H,8H2,1-3H3. The molecule has 0 radical (unpaired) electrons. The summed E-state index contributed by atoms with van der Waals surface area (Å²) >= 11 is 3.50. The highest BCUT2D eigenvalue weighted by Gasteiger charge is 2.11. The lowest BCUT2D eigenvalue weighted by atomic mass is 10.3. The van der Waals surface area contributed by atoms with Gasteiger partial charge < -0.3 is 5.32 Å². The number of nitrogens with one attached hydrogen (secondary N) is 1. The number of para-hydroxylation sites is 1. The first-order valence-electron chi connectivity index (χ1n) is 6.50. The molecule has 0 aliphatic heterocycles. The van der Waals surface area contributed by atoms with Gasteiger partial charge in [-0.25, -0.2) is 4.98 Å². The van der Waals surface area contributed by atoms with E-state index in [1.54, 1.807) is 23.1 Å². The average Bonchev–Trinajstić information content (AvgIpc) is 2.92. The number of aryl methyl sites for hydroxylation is 2. The molecule has 3 aromatic rings. The van der Waals surface area contributed by atoms with Crippen LogP contribution in [0.4, 0.5) is 5.69 Å². The van der Waals surface area contributed by atoms with Gasteiger partial charge in [0, 0.05) is 21.7 Å². The predicted octanol–water partition coefficient (Wildman–Crippen LogP) is 4.35. The van der Waals surface area contributed by atoms with Crippen LogP contribution in [0.3, 0.4) is 0 Å². The molecule has 0 atom stereocenters. The Bertz CT molecular complexity index is 743. The van der Waals surface area contributed by atoms with Gasteiger partial charge in [-0.2, -0.15) is 0 Å². The van der Waals surface area contributed by atoms with Crippen molar-refractivity contribution in [3.63, 3.8) is 0 Å². The topological polar surface area (TPSA) is 29.3 Å². The molecule has 0 aliphatic carbocycles. The lowest BCUT2D eigenvalue weighted by Crippen LogP contribution is -2.04. The molecular weight excluding hydrogens is 286 g/mol. The maximum atomic E-state index is 4.63. The molecule has 104 valence electrons. The molecule has 3 nitrogen and oxygen atoms in total. The number of aromatic nitrogens is 2. The summed E-state index contributed by atoms with van der Waals surface area (Å²) in [6, 6.07) is 8.40. The second kappa shape index (κ2) is 5.50. The first-order valence-corrected chi connectivity index (χ1v) is 8.54. The van der Waals surface area contributed by atoms with Gasteiger partial charge in [0.05, 0.1) is 17.9 Å². The normalized spacial score (nSPS) is 11.2. The Morgan fingerprint density at radius 3 is 2.90 bits per heavy atom. The number of imidazole rings is 1. The summed E-state index contributed by atoms with van der Waals surface area (Å²) in [6.45, 7) is 4.99. The number of thiazole rings is 1. The number of thioether (sulfide) groups is 1. The van der Waals surface area contributed by atoms with Crippen LogP contribution in [0.15, 0.2) is 35.4 Å². The molecule has 3 rings (SSSR count). The van der Waals surface area contributed by atoms with E-state index in [4.69, 9.17) is 0 Å². The van der Waals surface area contributed by atoms with E-state index in [0.717, 1.165) is 17.2 Å². The van der Waals surface area contributed by atoms with E-state index < -0.39 is 0 Å². The van der Waals surface area contributed by atoms with Gasteiger partial charge in [0.2, 0.25) is 0 Å². The van der Waals surface area contributed by atoms with Crippen molar-refractivity contribution in [3.05, 3.63) is 46.7 Å². The monoisotopic (exact) mass is 303 g/mol. The van der Waals surface area contributed by atoms with Crippen LogP contribution in [-0.4, -0.2) is 15.6 Å². The average molecular weight is 303 g/mol. The summed E-state index contributed by atoms with van der Waals surface area (Å²) in [4.78, 5) is 8.26. The number of nitrogens with zero attached hydrogens (tertiary/aromatic N) is 2. The molecule has 0 aliphatic rings. The fourth-order valence-electron chi connectivity index (χ4n) is 2.29. The molecule has 0 amide bonds. The lowest BCUT2D eigenvalue weighted by molar-refractivity contribution is 0.987. The number of benzene rings is 1. The summed E-state index contributed by atoms with van der Waals surface area (Å²) in [6.07, 6.45) is 4.27. The molecule has 0 bridgehead atoms. The SMILES string of the molecule is CSc1ccccc1NCc1c(C)nc2sc(C)cn12. The van der Waals surface area contributed by atoms with Crippen molar-refractivity contribution in [2.24, 2.45) is 0 Å². The third-order valence-corrected chi connectivity index (χ3v) is 4.99. The Labute approximate surface area is 127 Å². The molecule has 0 saturated heterocycles. The van der Waals surface area contributed by atoms with Crippen molar-refractivity contribution >= 4 is 33.7 Å². The highest BCUT2D eigenvalue weighted by molar-refractivity contribution is 7.98. The molecule has 1 N–H and O–H groups in total. The summed E-state index contributed by atoms with van der Waals surface area (Å²) in [5, 5.41) is 3.53. The maximum Gasteiger partial charge on any atom is 0.194 e. The van der Waals surface area contributed by atoms with Crippen LogP contribution in [0, 0.1) is 13.8 Å². The summed E-state index contributed by atoms with van der Waals surface area (Å²) in [7, 11) is 0. The maximum absolute atomic E-state index is 4.63. The molecule has 0 spiro atoms. The van der Waals surface area contributed by atoms with E-state index in [0.29, 0.717) is 0 Å². The van der Waals surface area contributed by atoms with Crippen LogP contribution in [0.5, 0.6) is 0 Å². The van der Waals surface area contributed by atoms with Crippen molar-refractivity contribution in [1.29, 1.82) is 0 Å². The number of anilines is 1. The fraction of sp³-hybridized carbons (Fsp3) is 0.267. The Balaban J connectivity index is 1.88. The molecule has 2 aromatic heterocycles. The minimum absolute atomic E-state index is 0.792. The van der Waals surface area contributed by atoms with Crippen LogP contribution >= 0.6 is 23.1 Å². The molecule has 20 heavy (non-hydrogen) atoms. The third kappa shape index (κ3) is 2.43. The molecule has 0 saturated carbocycles. The van der Waals surface area contributed by atoms with Gasteiger partial charge in [-0.15, -0.1) is 23.1 Å². The largest absolute Gasteiger partial charge is 0.378 e. The van der Waals surface area contributed by atoms with Crippen molar-refractivity contribution in [1.82, 2.24) is 9.38 Å². The van der Waals surface area contributed by atoms with Gasteiger partial charge in [0.1, 0.15) is 0 Å². The fourth-order valence-corrected chi connectivity index (χ4v) is 3.76.